The molecule has 0 aliphatic rings. The zero-order valence-corrected chi connectivity index (χ0v) is 25.2. The fourth-order valence-corrected chi connectivity index (χ4v) is 5.60. The molecule has 4 heterocycles. The van der Waals surface area contributed by atoms with Crippen molar-refractivity contribution in [1.29, 1.82) is 10.5 Å². The van der Waals surface area contributed by atoms with Crippen LogP contribution in [0.2, 0.25) is 5.02 Å². The number of nitrogens with one attached hydrogen (secondary N) is 2. The third-order valence-electron chi connectivity index (χ3n) is 7.56. The third kappa shape index (κ3) is 5.22. The van der Waals surface area contributed by atoms with Crippen molar-refractivity contribution in [2.75, 3.05) is 21.3 Å². The number of H-pyrrole nitrogens is 2. The maximum Gasteiger partial charge on any atom is 0.137 e. The van der Waals surface area contributed by atoms with E-state index < -0.39 is 0 Å². The molecule has 6 aromatic rings. The van der Waals surface area contributed by atoms with Crippen molar-refractivity contribution in [2.24, 2.45) is 0 Å². The van der Waals surface area contributed by atoms with Crippen molar-refractivity contribution in [3.63, 3.8) is 0 Å². The van der Waals surface area contributed by atoms with Gasteiger partial charge in [-0.15, -0.1) is 0 Å². The standard InChI is InChI=1S/C35H25ClN6O3/c1-43-21-4-6-32-24(11-21)28(18-41-32)26(13-37)34(20-10-23(45-3)16-40-15-20)35(30-17-39-9-8-31(30)36)27(14-38)29-19-42-33-7-5-22(44-2)12-25(29)33/h4-12,15-19,41-42H,1-3H3/b34-26-,35-27-. The smallest absolute Gasteiger partial charge is 0.137 e. The number of allylic oxidation sites excluding steroid dienone is 4. The number of methoxy groups -OCH3 is 3. The minimum absolute atomic E-state index is 0.257. The van der Waals surface area contributed by atoms with Crippen LogP contribution in [0.4, 0.5) is 0 Å². The second-order valence-corrected chi connectivity index (χ2v) is 10.3. The Morgan fingerprint density at radius 2 is 1.24 bits per heavy atom. The van der Waals surface area contributed by atoms with Crippen molar-refractivity contribution in [2.45, 2.75) is 0 Å². The van der Waals surface area contributed by atoms with Gasteiger partial charge in [-0.25, -0.2) is 0 Å². The van der Waals surface area contributed by atoms with Gasteiger partial charge in [-0.2, -0.15) is 10.5 Å². The summed E-state index contributed by atoms with van der Waals surface area (Å²) in [5.74, 6) is 1.72. The number of halogens is 1. The fourth-order valence-electron chi connectivity index (χ4n) is 5.41. The quantitative estimate of drug-likeness (QED) is 0.133. The van der Waals surface area contributed by atoms with Gasteiger partial charge in [0.2, 0.25) is 0 Å². The summed E-state index contributed by atoms with van der Waals surface area (Å²) in [7, 11) is 4.71. The molecule has 2 aromatic carbocycles. The molecule has 0 radical (unpaired) electrons. The van der Waals surface area contributed by atoms with Crippen molar-refractivity contribution < 1.29 is 14.2 Å². The topological polar surface area (TPSA) is 133 Å². The summed E-state index contributed by atoms with van der Waals surface area (Å²) in [5, 5.41) is 23.7. The van der Waals surface area contributed by atoms with Crippen LogP contribution in [0.1, 0.15) is 22.3 Å². The highest BCUT2D eigenvalue weighted by molar-refractivity contribution is 6.36. The van der Waals surface area contributed by atoms with Crippen molar-refractivity contribution >= 4 is 55.7 Å². The van der Waals surface area contributed by atoms with Crippen molar-refractivity contribution in [3.05, 3.63) is 113 Å². The first-order valence-electron chi connectivity index (χ1n) is 13.7. The molecule has 2 N–H and O–H groups in total. The Morgan fingerprint density at radius 3 is 1.78 bits per heavy atom. The second-order valence-electron chi connectivity index (χ2n) is 9.92. The number of hydrogen-bond donors (Lipinski definition) is 2. The minimum atomic E-state index is 0.257. The molecule has 6 rings (SSSR count). The van der Waals surface area contributed by atoms with E-state index in [0.29, 0.717) is 55.7 Å². The van der Waals surface area contributed by atoms with Gasteiger partial charge in [-0.05, 0) is 48.5 Å². The van der Waals surface area contributed by atoms with Crippen LogP contribution in [0, 0.1) is 22.7 Å². The maximum atomic E-state index is 11.0. The molecule has 0 aliphatic heterocycles. The molecule has 0 spiro atoms. The van der Waals surface area contributed by atoms with E-state index in [1.807, 2.05) is 36.4 Å². The van der Waals surface area contributed by atoms with E-state index in [9.17, 15) is 10.5 Å². The highest BCUT2D eigenvalue weighted by Crippen LogP contribution is 2.46. The van der Waals surface area contributed by atoms with E-state index >= 15 is 0 Å². The zero-order chi connectivity index (χ0) is 31.5. The van der Waals surface area contributed by atoms with Crippen LogP contribution in [0.5, 0.6) is 17.2 Å². The molecule has 0 fully saturated rings. The minimum Gasteiger partial charge on any atom is -0.497 e. The molecule has 10 heteroatoms. The van der Waals surface area contributed by atoms with Crippen LogP contribution >= 0.6 is 11.6 Å². The Hall–Kier alpha value is -6.03. The lowest BCUT2D eigenvalue weighted by molar-refractivity contribution is 0.413. The van der Waals surface area contributed by atoms with Crippen LogP contribution in [0.3, 0.4) is 0 Å². The first-order valence-corrected chi connectivity index (χ1v) is 14.1. The SMILES string of the molecule is COc1cncc(C(/C(=C(/C#N)c2c[nH]c3ccc(OC)cc23)c2cnccc2Cl)=C(\C#N)c2c[nH]c3ccc(OC)cc23)c1. The van der Waals surface area contributed by atoms with Crippen LogP contribution in [-0.2, 0) is 0 Å². The molecule has 45 heavy (non-hydrogen) atoms. The number of benzene rings is 2. The molecule has 0 saturated heterocycles. The summed E-state index contributed by atoms with van der Waals surface area (Å²) >= 11 is 6.86. The zero-order valence-electron chi connectivity index (χ0n) is 24.5. The number of fused-ring (bicyclic) bond motifs is 2. The highest BCUT2D eigenvalue weighted by Gasteiger charge is 2.27. The Labute approximate surface area is 263 Å². The van der Waals surface area contributed by atoms with E-state index in [1.54, 1.807) is 63.5 Å². The first kappa shape index (κ1) is 29.1. The summed E-state index contributed by atoms with van der Waals surface area (Å²) in [6.07, 6.45) is 9.88. The van der Waals surface area contributed by atoms with E-state index in [0.717, 1.165) is 21.8 Å². The summed E-state index contributed by atoms with van der Waals surface area (Å²) in [4.78, 5) is 15.3. The third-order valence-corrected chi connectivity index (χ3v) is 7.89. The maximum absolute atomic E-state index is 11.0. The van der Waals surface area contributed by atoms with Crippen molar-refractivity contribution in [3.8, 4) is 29.4 Å². The lowest BCUT2D eigenvalue weighted by Gasteiger charge is -2.19. The van der Waals surface area contributed by atoms with Gasteiger partial charge in [0.05, 0.1) is 43.7 Å². The Morgan fingerprint density at radius 1 is 0.667 bits per heavy atom. The van der Waals surface area contributed by atoms with E-state index in [2.05, 4.69) is 32.1 Å². The monoisotopic (exact) mass is 612 g/mol. The van der Waals surface area contributed by atoms with Gasteiger partial charge in [-0.3, -0.25) is 9.97 Å². The van der Waals surface area contributed by atoms with Gasteiger partial charge in [-0.1, -0.05) is 11.6 Å². The number of aromatic nitrogens is 4. The summed E-state index contributed by atoms with van der Waals surface area (Å²) < 4.78 is 16.5. The Kier molecular flexibility index (Phi) is 7.94. The van der Waals surface area contributed by atoms with Crippen LogP contribution in [0.15, 0.2) is 85.7 Å². The molecule has 4 aromatic heterocycles. The molecular weight excluding hydrogens is 588 g/mol. The molecule has 0 atom stereocenters. The average Bonchev–Trinajstić information content (AvgIpc) is 3.70. The first-order chi connectivity index (χ1) is 22.0. The van der Waals surface area contributed by atoms with E-state index in [4.69, 9.17) is 25.8 Å². The number of rotatable bonds is 8. The molecule has 0 amide bonds. The number of nitrogens with zero attached hydrogens (tertiary/aromatic N) is 4. The van der Waals surface area contributed by atoms with Crippen LogP contribution in [0.25, 0.3) is 44.1 Å². The molecule has 0 saturated carbocycles. The van der Waals surface area contributed by atoms with Gasteiger partial charge in [0.25, 0.3) is 0 Å². The fraction of sp³-hybridized carbons (Fsp3) is 0.0857. The molecule has 9 nitrogen and oxygen atoms in total. The molecule has 220 valence electrons. The molecule has 0 aliphatic carbocycles. The summed E-state index contributed by atoms with van der Waals surface area (Å²) in [6, 6.07) is 19.4. The van der Waals surface area contributed by atoms with E-state index in [1.165, 1.54) is 7.11 Å². The van der Waals surface area contributed by atoms with Gasteiger partial charge in [0.15, 0.2) is 0 Å². The average molecular weight is 613 g/mol. The van der Waals surface area contributed by atoms with Crippen LogP contribution in [-0.4, -0.2) is 41.3 Å². The predicted molar refractivity (Wildman–Crippen MR) is 175 cm³/mol. The van der Waals surface area contributed by atoms with E-state index in [-0.39, 0.29) is 11.1 Å². The van der Waals surface area contributed by atoms with Crippen LogP contribution < -0.4 is 14.2 Å². The Bertz CT molecular complexity index is 2230. The van der Waals surface area contributed by atoms with Crippen molar-refractivity contribution in [1.82, 2.24) is 19.9 Å². The molecular formula is C35H25ClN6O3. The van der Waals surface area contributed by atoms with Gasteiger partial charge in [0, 0.05) is 86.2 Å². The number of nitriles is 2. The Balaban J connectivity index is 1.82. The van der Waals surface area contributed by atoms with Gasteiger partial charge in [0.1, 0.15) is 29.4 Å². The largest absolute Gasteiger partial charge is 0.497 e. The number of ether oxygens (including phenoxy) is 3. The number of hydrogen-bond acceptors (Lipinski definition) is 7. The summed E-state index contributed by atoms with van der Waals surface area (Å²) in [6.45, 7) is 0. The highest BCUT2D eigenvalue weighted by atomic mass is 35.5. The molecule has 0 unspecified atom stereocenters. The lowest BCUT2D eigenvalue weighted by Crippen LogP contribution is -2.01. The lowest BCUT2D eigenvalue weighted by atomic mass is 9.83. The second kappa shape index (κ2) is 12.3. The number of pyridine rings is 2. The predicted octanol–water partition coefficient (Wildman–Crippen LogP) is 7.69. The van der Waals surface area contributed by atoms with Gasteiger partial charge < -0.3 is 24.2 Å². The van der Waals surface area contributed by atoms with Gasteiger partial charge >= 0.3 is 0 Å². The number of aromatic amines is 2. The normalized spacial score (nSPS) is 12.2. The molecule has 0 bridgehead atoms. The summed E-state index contributed by atoms with van der Waals surface area (Å²) in [5.41, 5.74) is 5.10.